The van der Waals surface area contributed by atoms with Gasteiger partial charge in [-0.2, -0.15) is 0 Å². The summed E-state index contributed by atoms with van der Waals surface area (Å²) in [6, 6.07) is 27.1. The number of rotatable bonds is 12. The van der Waals surface area contributed by atoms with E-state index in [0.29, 0.717) is 15.6 Å². The molecule has 1 saturated carbocycles. The van der Waals surface area contributed by atoms with E-state index in [-0.39, 0.29) is 35.5 Å². The standard InChI is InChI=1S/C37H39Cl2N3O4S/c1-26-16-20-32(21-17-26)47(45,46)42(31-19-18-27(2)34(39)23-31)25-36(43)41(24-29-12-6-9-15-33(29)38)35(22-28-10-4-3-5-11-28)37(44)40-30-13-7-8-14-30/h3-6,9-12,15-21,23,30,35H,7-8,13-14,22,24-25H2,1-2H3,(H,40,44)/t35-/m1/s1. The van der Waals surface area contributed by atoms with Crippen LogP contribution in [0.5, 0.6) is 0 Å². The number of carbonyl (C=O) groups is 2. The third-order valence-electron chi connectivity index (χ3n) is 8.60. The molecule has 1 fully saturated rings. The second kappa shape index (κ2) is 15.4. The number of sulfonamides is 1. The highest BCUT2D eigenvalue weighted by atomic mass is 35.5. The van der Waals surface area contributed by atoms with Crippen molar-refractivity contribution in [2.45, 2.75) is 69.5 Å². The minimum absolute atomic E-state index is 0.00116. The normalized spacial score (nSPS) is 14.0. The molecule has 0 unspecified atom stereocenters. The number of nitrogens with zero attached hydrogens (tertiary/aromatic N) is 2. The molecule has 0 heterocycles. The minimum atomic E-state index is -4.23. The van der Waals surface area contributed by atoms with Gasteiger partial charge in [0.15, 0.2) is 0 Å². The van der Waals surface area contributed by atoms with Crippen LogP contribution in [0.1, 0.15) is 47.9 Å². The number of amides is 2. The molecule has 4 aromatic rings. The highest BCUT2D eigenvalue weighted by Crippen LogP contribution is 2.30. The zero-order valence-corrected chi connectivity index (χ0v) is 28.9. The largest absolute Gasteiger partial charge is 0.352 e. The summed E-state index contributed by atoms with van der Waals surface area (Å²) in [7, 11) is -4.23. The SMILES string of the molecule is Cc1ccc(S(=O)(=O)N(CC(=O)N(Cc2ccccc2Cl)[C@H](Cc2ccccc2)C(=O)NC2CCCC2)c2ccc(C)c(Cl)c2)cc1. The molecule has 246 valence electrons. The maximum atomic E-state index is 14.7. The van der Waals surface area contributed by atoms with E-state index in [1.165, 1.54) is 17.0 Å². The van der Waals surface area contributed by atoms with Crippen molar-refractivity contribution in [1.82, 2.24) is 10.2 Å². The maximum absolute atomic E-state index is 14.7. The Morgan fingerprint density at radius 1 is 0.851 bits per heavy atom. The number of nitrogens with one attached hydrogen (secondary N) is 1. The fourth-order valence-corrected chi connectivity index (χ4v) is 7.61. The average molecular weight is 693 g/mol. The predicted octanol–water partition coefficient (Wildman–Crippen LogP) is 7.50. The van der Waals surface area contributed by atoms with E-state index in [2.05, 4.69) is 5.32 Å². The van der Waals surface area contributed by atoms with Crippen LogP contribution in [0.15, 0.2) is 102 Å². The third kappa shape index (κ3) is 8.55. The van der Waals surface area contributed by atoms with Crippen molar-refractivity contribution in [1.29, 1.82) is 0 Å². The van der Waals surface area contributed by atoms with Crippen LogP contribution in [-0.4, -0.2) is 43.8 Å². The van der Waals surface area contributed by atoms with Crippen LogP contribution in [0.4, 0.5) is 5.69 Å². The Morgan fingerprint density at radius 3 is 2.17 bits per heavy atom. The average Bonchev–Trinajstić information content (AvgIpc) is 3.57. The Morgan fingerprint density at radius 2 is 1.51 bits per heavy atom. The van der Waals surface area contributed by atoms with E-state index in [1.807, 2.05) is 50.2 Å². The van der Waals surface area contributed by atoms with Gasteiger partial charge in [0.1, 0.15) is 12.6 Å². The van der Waals surface area contributed by atoms with E-state index >= 15 is 0 Å². The lowest BCUT2D eigenvalue weighted by molar-refractivity contribution is -0.140. The van der Waals surface area contributed by atoms with Crippen LogP contribution in [0.25, 0.3) is 0 Å². The van der Waals surface area contributed by atoms with Crippen molar-refractivity contribution >= 4 is 50.7 Å². The summed E-state index contributed by atoms with van der Waals surface area (Å²) < 4.78 is 29.6. The highest BCUT2D eigenvalue weighted by molar-refractivity contribution is 7.92. The summed E-state index contributed by atoms with van der Waals surface area (Å²) in [6.07, 6.45) is 4.04. The zero-order valence-electron chi connectivity index (χ0n) is 26.5. The number of hydrogen-bond acceptors (Lipinski definition) is 4. The molecule has 1 aliphatic carbocycles. The lowest BCUT2D eigenvalue weighted by atomic mass is 10.0. The summed E-state index contributed by atoms with van der Waals surface area (Å²) >= 11 is 13.1. The second-order valence-electron chi connectivity index (χ2n) is 12.1. The molecule has 0 aliphatic heterocycles. The topological polar surface area (TPSA) is 86.8 Å². The summed E-state index contributed by atoms with van der Waals surface area (Å²) in [5, 5.41) is 3.98. The van der Waals surface area contributed by atoms with Crippen molar-refractivity contribution in [3.05, 3.63) is 129 Å². The van der Waals surface area contributed by atoms with Crippen LogP contribution in [0, 0.1) is 13.8 Å². The molecule has 7 nitrogen and oxygen atoms in total. The number of halogens is 2. The molecular formula is C37H39Cl2N3O4S. The number of hydrogen-bond donors (Lipinski definition) is 1. The van der Waals surface area contributed by atoms with Gasteiger partial charge < -0.3 is 10.2 Å². The van der Waals surface area contributed by atoms with Gasteiger partial charge in [-0.15, -0.1) is 0 Å². The first-order valence-electron chi connectivity index (χ1n) is 15.8. The Bertz CT molecular complexity index is 1810. The lowest BCUT2D eigenvalue weighted by Crippen LogP contribution is -2.54. The fraction of sp³-hybridized carbons (Fsp3) is 0.297. The molecule has 1 aliphatic rings. The van der Waals surface area contributed by atoms with E-state index in [4.69, 9.17) is 23.2 Å². The third-order valence-corrected chi connectivity index (χ3v) is 11.2. The predicted molar refractivity (Wildman–Crippen MR) is 188 cm³/mol. The van der Waals surface area contributed by atoms with Gasteiger partial charge in [0, 0.05) is 29.1 Å². The fourth-order valence-electron chi connectivity index (χ4n) is 5.83. The molecule has 2 amide bonds. The summed E-state index contributed by atoms with van der Waals surface area (Å²) in [5.74, 6) is -0.840. The van der Waals surface area contributed by atoms with Crippen molar-refractivity contribution in [3.8, 4) is 0 Å². The summed E-state index contributed by atoms with van der Waals surface area (Å²) in [6.45, 7) is 3.12. The molecule has 0 spiro atoms. The molecule has 1 atom stereocenters. The number of carbonyl (C=O) groups excluding carboxylic acids is 2. The maximum Gasteiger partial charge on any atom is 0.264 e. The number of aryl methyl sites for hydroxylation is 2. The Labute approximate surface area is 287 Å². The highest BCUT2D eigenvalue weighted by Gasteiger charge is 2.36. The van der Waals surface area contributed by atoms with E-state index in [0.717, 1.165) is 46.7 Å². The quantitative estimate of drug-likeness (QED) is 0.167. The molecule has 0 aromatic heterocycles. The van der Waals surface area contributed by atoms with E-state index < -0.39 is 28.5 Å². The van der Waals surface area contributed by atoms with E-state index in [1.54, 1.807) is 48.5 Å². The summed E-state index contributed by atoms with van der Waals surface area (Å²) in [5.41, 5.74) is 3.41. The molecular weight excluding hydrogens is 653 g/mol. The van der Waals surface area contributed by atoms with Crippen LogP contribution < -0.4 is 9.62 Å². The molecule has 4 aromatic carbocycles. The smallest absolute Gasteiger partial charge is 0.264 e. The summed E-state index contributed by atoms with van der Waals surface area (Å²) in [4.78, 5) is 30.3. The number of benzene rings is 4. The molecule has 0 saturated heterocycles. The molecule has 0 bridgehead atoms. The molecule has 47 heavy (non-hydrogen) atoms. The van der Waals surface area contributed by atoms with Crippen LogP contribution >= 0.6 is 23.2 Å². The second-order valence-corrected chi connectivity index (χ2v) is 14.7. The molecule has 5 rings (SSSR count). The van der Waals surface area contributed by atoms with Gasteiger partial charge in [-0.1, -0.05) is 108 Å². The van der Waals surface area contributed by atoms with Gasteiger partial charge in [0.05, 0.1) is 10.6 Å². The van der Waals surface area contributed by atoms with Gasteiger partial charge >= 0.3 is 0 Å². The van der Waals surface area contributed by atoms with Gasteiger partial charge in [-0.25, -0.2) is 8.42 Å². The number of anilines is 1. The Balaban J connectivity index is 1.58. The lowest BCUT2D eigenvalue weighted by Gasteiger charge is -2.34. The minimum Gasteiger partial charge on any atom is -0.352 e. The molecule has 1 N–H and O–H groups in total. The van der Waals surface area contributed by atoms with Gasteiger partial charge in [-0.3, -0.25) is 13.9 Å². The Kier molecular flexibility index (Phi) is 11.3. The van der Waals surface area contributed by atoms with Crippen molar-refractivity contribution in [3.63, 3.8) is 0 Å². The van der Waals surface area contributed by atoms with Gasteiger partial charge in [0.2, 0.25) is 11.8 Å². The first-order valence-corrected chi connectivity index (χ1v) is 18.0. The molecule has 0 radical (unpaired) electrons. The van der Waals surface area contributed by atoms with Gasteiger partial charge in [-0.05, 0) is 73.7 Å². The zero-order chi connectivity index (χ0) is 33.6. The van der Waals surface area contributed by atoms with Crippen molar-refractivity contribution < 1.29 is 18.0 Å². The molecule has 10 heteroatoms. The van der Waals surface area contributed by atoms with Crippen LogP contribution in [0.2, 0.25) is 10.0 Å². The van der Waals surface area contributed by atoms with Crippen molar-refractivity contribution in [2.24, 2.45) is 0 Å². The first-order chi connectivity index (χ1) is 22.5. The van der Waals surface area contributed by atoms with Crippen LogP contribution in [0.3, 0.4) is 0 Å². The van der Waals surface area contributed by atoms with Crippen LogP contribution in [-0.2, 0) is 32.6 Å². The van der Waals surface area contributed by atoms with E-state index in [9.17, 15) is 18.0 Å². The Hall–Kier alpha value is -3.85. The van der Waals surface area contributed by atoms with Crippen molar-refractivity contribution in [2.75, 3.05) is 10.8 Å². The monoisotopic (exact) mass is 691 g/mol. The van der Waals surface area contributed by atoms with Gasteiger partial charge in [0.25, 0.3) is 10.0 Å². The first kappa shape index (κ1) is 34.5.